The molecule has 18 heavy (non-hydrogen) atoms. The Morgan fingerprint density at radius 2 is 2.00 bits per heavy atom. The van der Waals surface area contributed by atoms with Crippen molar-refractivity contribution in [1.82, 2.24) is 4.98 Å². The molecule has 0 aliphatic heterocycles. The van der Waals surface area contributed by atoms with E-state index in [0.29, 0.717) is 11.4 Å². The second-order valence-corrected chi connectivity index (χ2v) is 3.74. The molecule has 0 atom stereocenters. The van der Waals surface area contributed by atoms with Gasteiger partial charge in [-0.1, -0.05) is 6.07 Å². The minimum atomic E-state index is -1.09. The largest absolute Gasteiger partial charge is 0.477 e. The molecule has 0 aliphatic rings. The Labute approximate surface area is 103 Å². The van der Waals surface area contributed by atoms with Crippen LogP contribution in [0.15, 0.2) is 42.6 Å². The van der Waals surface area contributed by atoms with Crippen molar-refractivity contribution < 1.29 is 14.3 Å². The van der Waals surface area contributed by atoms with Crippen LogP contribution in [0.3, 0.4) is 0 Å². The van der Waals surface area contributed by atoms with Crippen LogP contribution in [-0.2, 0) is 0 Å². The van der Waals surface area contributed by atoms with E-state index in [2.05, 4.69) is 4.98 Å². The molecule has 4 nitrogen and oxygen atoms in total. The molecule has 0 saturated heterocycles. The maximum atomic E-state index is 13.1. The van der Waals surface area contributed by atoms with Crippen molar-refractivity contribution >= 4 is 17.3 Å². The number of halogens is 1. The Balaban J connectivity index is 2.36. The van der Waals surface area contributed by atoms with E-state index < -0.39 is 5.97 Å². The summed E-state index contributed by atoms with van der Waals surface area (Å²) in [5.74, 6) is -1.43. The molecule has 0 amide bonds. The standard InChI is InChI=1S/C13H11FN2O2/c1-16(10-4-2-3-9(14)7-10)11-5-6-15-12(8-11)13(17)18/h2-8H,1H3,(H,17,18). The molecule has 92 valence electrons. The molecular weight excluding hydrogens is 235 g/mol. The maximum Gasteiger partial charge on any atom is 0.354 e. The van der Waals surface area contributed by atoms with Crippen LogP contribution < -0.4 is 4.90 Å². The highest BCUT2D eigenvalue weighted by atomic mass is 19.1. The van der Waals surface area contributed by atoms with Crippen molar-refractivity contribution in [3.63, 3.8) is 0 Å². The highest BCUT2D eigenvalue weighted by molar-refractivity contribution is 5.86. The minimum absolute atomic E-state index is 0.0456. The van der Waals surface area contributed by atoms with Crippen LogP contribution in [0.2, 0.25) is 0 Å². The summed E-state index contributed by atoms with van der Waals surface area (Å²) in [7, 11) is 1.73. The van der Waals surface area contributed by atoms with Crippen molar-refractivity contribution in [3.8, 4) is 0 Å². The molecule has 0 radical (unpaired) electrons. The number of carbonyl (C=O) groups is 1. The molecule has 1 aromatic heterocycles. The summed E-state index contributed by atoms with van der Waals surface area (Å²) in [6, 6.07) is 9.17. The van der Waals surface area contributed by atoms with Gasteiger partial charge in [0.2, 0.25) is 0 Å². The molecule has 0 fully saturated rings. The van der Waals surface area contributed by atoms with Crippen molar-refractivity contribution in [2.45, 2.75) is 0 Å². The number of rotatable bonds is 3. The third kappa shape index (κ3) is 2.45. The summed E-state index contributed by atoms with van der Waals surface area (Å²) in [5, 5.41) is 8.86. The van der Waals surface area contributed by atoms with Crippen LogP contribution in [0.5, 0.6) is 0 Å². The van der Waals surface area contributed by atoms with Gasteiger partial charge in [0.05, 0.1) is 0 Å². The molecule has 1 heterocycles. The lowest BCUT2D eigenvalue weighted by Crippen LogP contribution is -2.11. The predicted molar refractivity (Wildman–Crippen MR) is 65.7 cm³/mol. The topological polar surface area (TPSA) is 53.4 Å². The molecule has 0 spiro atoms. The quantitative estimate of drug-likeness (QED) is 0.904. The normalized spacial score (nSPS) is 10.1. The molecule has 1 aromatic carbocycles. The highest BCUT2D eigenvalue weighted by Crippen LogP contribution is 2.23. The van der Waals surface area contributed by atoms with Crippen LogP contribution in [-0.4, -0.2) is 23.1 Å². The van der Waals surface area contributed by atoms with E-state index in [-0.39, 0.29) is 11.5 Å². The second kappa shape index (κ2) is 4.83. The first-order valence-corrected chi connectivity index (χ1v) is 5.26. The predicted octanol–water partition coefficient (Wildman–Crippen LogP) is 2.69. The van der Waals surface area contributed by atoms with Gasteiger partial charge in [0.25, 0.3) is 0 Å². The molecule has 0 saturated carbocycles. The van der Waals surface area contributed by atoms with Gasteiger partial charge >= 0.3 is 5.97 Å². The number of benzene rings is 1. The first kappa shape index (κ1) is 12.0. The number of hydrogen-bond acceptors (Lipinski definition) is 3. The fourth-order valence-corrected chi connectivity index (χ4v) is 1.58. The third-order valence-electron chi connectivity index (χ3n) is 2.55. The van der Waals surface area contributed by atoms with Crippen molar-refractivity contribution in [2.24, 2.45) is 0 Å². The van der Waals surface area contributed by atoms with E-state index >= 15 is 0 Å². The van der Waals surface area contributed by atoms with Crippen LogP contribution >= 0.6 is 0 Å². The van der Waals surface area contributed by atoms with Gasteiger partial charge in [0.15, 0.2) is 0 Å². The van der Waals surface area contributed by atoms with Gasteiger partial charge in [0, 0.05) is 24.6 Å². The molecule has 5 heteroatoms. The van der Waals surface area contributed by atoms with E-state index in [1.165, 1.54) is 24.4 Å². The van der Waals surface area contributed by atoms with E-state index in [1.807, 2.05) is 0 Å². The summed E-state index contributed by atoms with van der Waals surface area (Å²) in [6.07, 6.45) is 1.41. The second-order valence-electron chi connectivity index (χ2n) is 3.74. The molecule has 0 bridgehead atoms. The van der Waals surface area contributed by atoms with Gasteiger partial charge < -0.3 is 10.0 Å². The fraction of sp³-hybridized carbons (Fsp3) is 0.0769. The Morgan fingerprint density at radius 1 is 1.28 bits per heavy atom. The zero-order chi connectivity index (χ0) is 13.1. The number of aromatic nitrogens is 1. The van der Waals surface area contributed by atoms with Gasteiger partial charge in [-0.25, -0.2) is 14.2 Å². The average molecular weight is 246 g/mol. The Kier molecular flexibility index (Phi) is 3.23. The smallest absolute Gasteiger partial charge is 0.354 e. The van der Waals surface area contributed by atoms with Crippen molar-refractivity contribution in [1.29, 1.82) is 0 Å². The van der Waals surface area contributed by atoms with Gasteiger partial charge in [-0.3, -0.25) is 0 Å². The maximum absolute atomic E-state index is 13.1. The number of hydrogen-bond donors (Lipinski definition) is 1. The molecule has 0 unspecified atom stereocenters. The molecule has 0 aliphatic carbocycles. The van der Waals surface area contributed by atoms with Crippen LogP contribution in [0.25, 0.3) is 0 Å². The van der Waals surface area contributed by atoms with Gasteiger partial charge in [0.1, 0.15) is 11.5 Å². The van der Waals surface area contributed by atoms with Gasteiger partial charge in [-0.05, 0) is 30.3 Å². The van der Waals surface area contributed by atoms with E-state index in [1.54, 1.807) is 30.1 Å². The van der Waals surface area contributed by atoms with Crippen molar-refractivity contribution in [3.05, 3.63) is 54.1 Å². The summed E-state index contributed by atoms with van der Waals surface area (Å²) < 4.78 is 13.1. The van der Waals surface area contributed by atoms with E-state index in [9.17, 15) is 9.18 Å². The number of carboxylic acid groups (broad SMARTS) is 1. The molecular formula is C13H11FN2O2. The fourth-order valence-electron chi connectivity index (χ4n) is 1.58. The number of aromatic carboxylic acids is 1. The lowest BCUT2D eigenvalue weighted by Gasteiger charge is -2.19. The summed E-state index contributed by atoms with van der Waals surface area (Å²) in [4.78, 5) is 16.2. The average Bonchev–Trinajstić information content (AvgIpc) is 2.38. The number of carboxylic acids is 1. The lowest BCUT2D eigenvalue weighted by atomic mass is 10.2. The van der Waals surface area contributed by atoms with E-state index in [0.717, 1.165) is 0 Å². The highest BCUT2D eigenvalue weighted by Gasteiger charge is 2.09. The first-order chi connectivity index (χ1) is 8.58. The van der Waals surface area contributed by atoms with Crippen LogP contribution in [0.4, 0.5) is 15.8 Å². The number of anilines is 2. The Bertz CT molecular complexity index is 587. The molecule has 2 aromatic rings. The SMILES string of the molecule is CN(c1cccc(F)c1)c1ccnc(C(=O)O)c1. The van der Waals surface area contributed by atoms with Gasteiger partial charge in [-0.2, -0.15) is 0 Å². The number of pyridine rings is 1. The van der Waals surface area contributed by atoms with Crippen LogP contribution in [0.1, 0.15) is 10.5 Å². The minimum Gasteiger partial charge on any atom is -0.477 e. The van der Waals surface area contributed by atoms with Gasteiger partial charge in [-0.15, -0.1) is 0 Å². The van der Waals surface area contributed by atoms with Crippen LogP contribution in [0, 0.1) is 5.82 Å². The summed E-state index contributed by atoms with van der Waals surface area (Å²) in [5.41, 5.74) is 1.22. The molecule has 1 N–H and O–H groups in total. The molecule has 2 rings (SSSR count). The zero-order valence-electron chi connectivity index (χ0n) is 9.67. The summed E-state index contributed by atoms with van der Waals surface area (Å²) >= 11 is 0. The zero-order valence-corrected chi connectivity index (χ0v) is 9.67. The lowest BCUT2D eigenvalue weighted by molar-refractivity contribution is 0.0690. The summed E-state index contributed by atoms with van der Waals surface area (Å²) in [6.45, 7) is 0. The third-order valence-corrected chi connectivity index (χ3v) is 2.55. The number of nitrogens with zero attached hydrogens (tertiary/aromatic N) is 2. The Morgan fingerprint density at radius 3 is 2.67 bits per heavy atom. The van der Waals surface area contributed by atoms with E-state index in [4.69, 9.17) is 5.11 Å². The van der Waals surface area contributed by atoms with Crippen molar-refractivity contribution in [2.75, 3.05) is 11.9 Å². The monoisotopic (exact) mass is 246 g/mol. The Hall–Kier alpha value is -2.43. The first-order valence-electron chi connectivity index (χ1n) is 5.26.